The molecule has 0 fully saturated rings. The Labute approximate surface area is 79.6 Å². The molecule has 0 aromatic rings. The monoisotopic (exact) mass is 214 g/mol. The number of nitrogens with one attached hydrogen (secondary N) is 1. The van der Waals surface area contributed by atoms with Gasteiger partial charge in [0.15, 0.2) is 0 Å². The predicted octanol–water partition coefficient (Wildman–Crippen LogP) is 0.0303. The molecule has 1 amide bonds. The fourth-order valence-corrected chi connectivity index (χ4v) is 0.669. The zero-order chi connectivity index (χ0) is 11.0. The number of hydrogen-bond donors (Lipinski definition) is 2. The van der Waals surface area contributed by atoms with E-state index in [0.29, 0.717) is 6.54 Å². The maximum absolute atomic E-state index is 11.5. The summed E-state index contributed by atoms with van der Waals surface area (Å²) in [6.07, 6.45) is -4.12. The molecule has 0 aliphatic carbocycles. The standard InChI is InChI=1S/C7H13F3N2O2/c8-7(9,10)5-14-4-3-12-2-1-6(11)13/h12H,1-5H2,(H2,11,13). The van der Waals surface area contributed by atoms with Gasteiger partial charge in [-0.05, 0) is 0 Å². The van der Waals surface area contributed by atoms with Gasteiger partial charge in [0.1, 0.15) is 6.61 Å². The van der Waals surface area contributed by atoms with E-state index in [1.165, 1.54) is 0 Å². The third-order valence-electron chi connectivity index (χ3n) is 1.24. The molecule has 0 bridgehead atoms. The molecule has 0 saturated heterocycles. The van der Waals surface area contributed by atoms with E-state index in [0.717, 1.165) is 0 Å². The van der Waals surface area contributed by atoms with Crippen molar-refractivity contribution in [1.29, 1.82) is 0 Å². The van der Waals surface area contributed by atoms with E-state index in [9.17, 15) is 18.0 Å². The summed E-state index contributed by atoms with van der Waals surface area (Å²) in [5.41, 5.74) is 4.83. The van der Waals surface area contributed by atoms with Crippen molar-refractivity contribution < 1.29 is 22.7 Å². The zero-order valence-electron chi connectivity index (χ0n) is 7.56. The van der Waals surface area contributed by atoms with Crippen LogP contribution in [0.2, 0.25) is 0 Å². The summed E-state index contributed by atoms with van der Waals surface area (Å²) in [7, 11) is 0. The molecule has 3 N–H and O–H groups in total. The third-order valence-corrected chi connectivity index (χ3v) is 1.24. The van der Waals surface area contributed by atoms with Crippen LogP contribution >= 0.6 is 0 Å². The molecule has 0 aromatic heterocycles. The summed E-state index contributed by atoms with van der Waals surface area (Å²) < 4.78 is 38.9. The van der Waals surface area contributed by atoms with Crippen LogP contribution in [0.25, 0.3) is 0 Å². The molecule has 0 radical (unpaired) electrons. The van der Waals surface area contributed by atoms with Gasteiger partial charge in [-0.2, -0.15) is 13.2 Å². The molecule has 0 heterocycles. The molecule has 0 aliphatic rings. The van der Waals surface area contributed by atoms with Crippen LogP contribution in [-0.2, 0) is 9.53 Å². The van der Waals surface area contributed by atoms with Gasteiger partial charge >= 0.3 is 6.18 Å². The number of rotatable bonds is 7. The van der Waals surface area contributed by atoms with Gasteiger partial charge in [0.2, 0.25) is 5.91 Å². The number of carbonyl (C=O) groups is 1. The van der Waals surface area contributed by atoms with Gasteiger partial charge in [-0.3, -0.25) is 4.79 Å². The molecule has 14 heavy (non-hydrogen) atoms. The number of halogens is 3. The van der Waals surface area contributed by atoms with E-state index in [-0.39, 0.29) is 19.6 Å². The molecule has 0 rings (SSSR count). The Morgan fingerprint density at radius 2 is 2.00 bits per heavy atom. The molecule has 0 spiro atoms. The minimum atomic E-state index is -4.28. The van der Waals surface area contributed by atoms with E-state index in [2.05, 4.69) is 10.1 Å². The molecule has 84 valence electrons. The van der Waals surface area contributed by atoms with Crippen molar-refractivity contribution in [2.24, 2.45) is 5.73 Å². The highest BCUT2D eigenvalue weighted by molar-refractivity contribution is 5.73. The lowest BCUT2D eigenvalue weighted by molar-refractivity contribution is -0.173. The van der Waals surface area contributed by atoms with Crippen LogP contribution in [0.4, 0.5) is 13.2 Å². The fraction of sp³-hybridized carbons (Fsp3) is 0.857. The van der Waals surface area contributed by atoms with Crippen molar-refractivity contribution >= 4 is 5.91 Å². The second-order valence-electron chi connectivity index (χ2n) is 2.63. The lowest BCUT2D eigenvalue weighted by Crippen LogP contribution is -2.26. The number of alkyl halides is 3. The number of hydrogen-bond acceptors (Lipinski definition) is 3. The molecule has 0 aromatic carbocycles. The normalized spacial score (nSPS) is 11.6. The van der Waals surface area contributed by atoms with Gasteiger partial charge in [0, 0.05) is 19.5 Å². The van der Waals surface area contributed by atoms with Crippen LogP contribution in [0, 0.1) is 0 Å². The summed E-state index contributed by atoms with van der Waals surface area (Å²) in [4.78, 5) is 10.2. The highest BCUT2D eigenvalue weighted by atomic mass is 19.4. The first-order valence-electron chi connectivity index (χ1n) is 4.05. The summed E-state index contributed by atoms with van der Waals surface area (Å²) in [6.45, 7) is -0.670. The van der Waals surface area contributed by atoms with Crippen LogP contribution in [0.5, 0.6) is 0 Å². The van der Waals surface area contributed by atoms with Crippen molar-refractivity contribution in [3.8, 4) is 0 Å². The van der Waals surface area contributed by atoms with Crippen molar-refractivity contribution in [1.82, 2.24) is 5.32 Å². The summed E-state index contributed by atoms with van der Waals surface area (Å²) >= 11 is 0. The maximum atomic E-state index is 11.5. The Hall–Kier alpha value is -0.820. The van der Waals surface area contributed by atoms with Crippen molar-refractivity contribution in [3.05, 3.63) is 0 Å². The largest absolute Gasteiger partial charge is 0.411 e. The van der Waals surface area contributed by atoms with Gasteiger partial charge in [-0.15, -0.1) is 0 Å². The summed E-state index contributed by atoms with van der Waals surface area (Å²) in [5, 5.41) is 2.71. The molecule has 0 saturated carbocycles. The van der Waals surface area contributed by atoms with E-state index in [4.69, 9.17) is 5.73 Å². The van der Waals surface area contributed by atoms with Crippen LogP contribution in [0.1, 0.15) is 6.42 Å². The van der Waals surface area contributed by atoms with E-state index >= 15 is 0 Å². The Morgan fingerprint density at radius 3 is 2.50 bits per heavy atom. The quantitative estimate of drug-likeness (QED) is 0.588. The maximum Gasteiger partial charge on any atom is 0.411 e. The third kappa shape index (κ3) is 11.2. The van der Waals surface area contributed by atoms with Gasteiger partial charge in [0.05, 0.1) is 6.61 Å². The molecule has 4 nitrogen and oxygen atoms in total. The highest BCUT2D eigenvalue weighted by Crippen LogP contribution is 2.13. The molecule has 0 atom stereocenters. The molecular formula is C7H13F3N2O2. The molecular weight excluding hydrogens is 201 g/mol. The van der Waals surface area contributed by atoms with E-state index in [1.807, 2.05) is 0 Å². The van der Waals surface area contributed by atoms with Crippen molar-refractivity contribution in [2.45, 2.75) is 12.6 Å². The highest BCUT2D eigenvalue weighted by Gasteiger charge is 2.27. The lowest BCUT2D eigenvalue weighted by Gasteiger charge is -2.07. The minimum absolute atomic E-state index is 0.0434. The number of carbonyl (C=O) groups excluding carboxylic acids is 1. The van der Waals surface area contributed by atoms with Crippen LogP contribution in [0.3, 0.4) is 0 Å². The summed E-state index contributed by atoms with van der Waals surface area (Å²) in [6, 6.07) is 0. The predicted molar refractivity (Wildman–Crippen MR) is 43.6 cm³/mol. The second kappa shape index (κ2) is 6.61. The fourth-order valence-electron chi connectivity index (χ4n) is 0.669. The average molecular weight is 214 g/mol. The molecule has 0 unspecified atom stereocenters. The number of ether oxygens (including phenoxy) is 1. The van der Waals surface area contributed by atoms with Gasteiger partial charge in [-0.1, -0.05) is 0 Å². The second-order valence-corrected chi connectivity index (χ2v) is 2.63. The SMILES string of the molecule is NC(=O)CCNCCOCC(F)(F)F. The first kappa shape index (κ1) is 13.2. The number of primary amides is 1. The van der Waals surface area contributed by atoms with Crippen LogP contribution < -0.4 is 11.1 Å². The Kier molecular flexibility index (Phi) is 6.22. The minimum Gasteiger partial charge on any atom is -0.371 e. The van der Waals surface area contributed by atoms with Gasteiger partial charge in [-0.25, -0.2) is 0 Å². The van der Waals surface area contributed by atoms with Gasteiger partial charge < -0.3 is 15.8 Å². The Balaban J connectivity index is 3.11. The number of amides is 1. The Morgan fingerprint density at radius 1 is 1.36 bits per heavy atom. The molecule has 0 aliphatic heterocycles. The topological polar surface area (TPSA) is 64.4 Å². The van der Waals surface area contributed by atoms with Crippen molar-refractivity contribution in [3.63, 3.8) is 0 Å². The van der Waals surface area contributed by atoms with E-state index < -0.39 is 18.7 Å². The average Bonchev–Trinajstić information content (AvgIpc) is 2.00. The Bertz CT molecular complexity index is 173. The molecule has 7 heteroatoms. The van der Waals surface area contributed by atoms with Crippen LogP contribution in [-0.4, -0.2) is 38.4 Å². The van der Waals surface area contributed by atoms with Crippen LogP contribution in [0.15, 0.2) is 0 Å². The summed E-state index contributed by atoms with van der Waals surface area (Å²) in [5.74, 6) is -0.450. The first-order valence-corrected chi connectivity index (χ1v) is 4.05. The lowest BCUT2D eigenvalue weighted by atomic mass is 10.4. The van der Waals surface area contributed by atoms with E-state index in [1.54, 1.807) is 0 Å². The first-order chi connectivity index (χ1) is 6.42. The number of nitrogens with two attached hydrogens (primary N) is 1. The van der Waals surface area contributed by atoms with Gasteiger partial charge in [0.25, 0.3) is 0 Å². The zero-order valence-corrected chi connectivity index (χ0v) is 7.56. The smallest absolute Gasteiger partial charge is 0.371 e. The van der Waals surface area contributed by atoms with Crippen molar-refractivity contribution in [2.75, 3.05) is 26.3 Å².